The standard InChI is InChI=1S/C35H42Cl2N2O8/c36-28-16-23(29(37)15-22(28)5-3-4-14-39(21-41)18-30(42)33(44)34(45)31(43)19-40)20-46-35(11-12-35)27-17-38-13-10-25(27)26-6-1-2-7-32(26)47-24-8-9-24/h1-2,6-7,10,13,15-17,21,24,30-31,33-34,40,42-45H,3-5,8-9,11-12,14,18-20H2. The van der Waals surface area contributed by atoms with Gasteiger partial charge < -0.3 is 39.9 Å². The van der Waals surface area contributed by atoms with Crippen LogP contribution in [0.1, 0.15) is 55.2 Å². The molecular formula is C35H42Cl2N2O8. The van der Waals surface area contributed by atoms with Crippen molar-refractivity contribution in [2.45, 2.75) is 87.7 Å². The number of aromatic nitrogens is 1. The summed E-state index contributed by atoms with van der Waals surface area (Å²) in [6.45, 7) is -0.454. The van der Waals surface area contributed by atoms with Gasteiger partial charge in [0.15, 0.2) is 0 Å². The van der Waals surface area contributed by atoms with E-state index in [2.05, 4.69) is 11.1 Å². The lowest BCUT2D eigenvalue weighted by molar-refractivity contribution is -0.130. The topological polar surface area (TPSA) is 153 Å². The smallest absolute Gasteiger partial charge is 0.209 e. The Morgan fingerprint density at radius 1 is 0.957 bits per heavy atom. The molecule has 1 aromatic heterocycles. The fourth-order valence-electron chi connectivity index (χ4n) is 5.63. The number of aliphatic hydroxyl groups is 5. The van der Waals surface area contributed by atoms with Crippen LogP contribution in [0, 0.1) is 0 Å². The fraction of sp³-hybridized carbons (Fsp3) is 0.486. The second-order valence-electron chi connectivity index (χ2n) is 12.4. The summed E-state index contributed by atoms with van der Waals surface area (Å²) in [6.07, 6.45) is 3.63. The molecule has 3 aromatic rings. The Bertz CT molecular complexity index is 1500. The summed E-state index contributed by atoms with van der Waals surface area (Å²) < 4.78 is 12.8. The molecule has 2 fully saturated rings. The molecule has 0 radical (unpaired) electrons. The van der Waals surface area contributed by atoms with Crippen molar-refractivity contribution in [3.8, 4) is 16.9 Å². The van der Waals surface area contributed by atoms with E-state index >= 15 is 0 Å². The van der Waals surface area contributed by atoms with Crippen molar-refractivity contribution in [2.24, 2.45) is 0 Å². The molecule has 2 saturated carbocycles. The van der Waals surface area contributed by atoms with Gasteiger partial charge in [0.1, 0.15) is 30.2 Å². The molecule has 12 heteroatoms. The molecule has 1 amide bonds. The minimum absolute atomic E-state index is 0.246. The van der Waals surface area contributed by atoms with Gasteiger partial charge in [-0.25, -0.2) is 0 Å². The van der Waals surface area contributed by atoms with E-state index in [4.69, 9.17) is 37.8 Å². The van der Waals surface area contributed by atoms with Crippen molar-refractivity contribution in [2.75, 3.05) is 19.7 Å². The number of rotatable bonds is 19. The van der Waals surface area contributed by atoms with Gasteiger partial charge in [-0.1, -0.05) is 41.4 Å². The van der Waals surface area contributed by atoms with Gasteiger partial charge in [0.2, 0.25) is 6.41 Å². The highest BCUT2D eigenvalue weighted by atomic mass is 35.5. The summed E-state index contributed by atoms with van der Waals surface area (Å²) in [4.78, 5) is 17.2. The van der Waals surface area contributed by atoms with Gasteiger partial charge in [0.05, 0.1) is 24.9 Å². The molecule has 0 spiro atoms. The normalized spacial score (nSPS) is 17.9. The van der Waals surface area contributed by atoms with Gasteiger partial charge >= 0.3 is 0 Å². The molecule has 10 nitrogen and oxygen atoms in total. The van der Waals surface area contributed by atoms with Gasteiger partial charge in [0, 0.05) is 46.7 Å². The summed E-state index contributed by atoms with van der Waals surface area (Å²) in [5.41, 5.74) is 4.26. The maximum Gasteiger partial charge on any atom is 0.209 e. The predicted octanol–water partition coefficient (Wildman–Crippen LogP) is 4.02. The van der Waals surface area contributed by atoms with E-state index in [1.807, 2.05) is 42.6 Å². The number of pyridine rings is 1. The number of nitrogens with zero attached hydrogens (tertiary/aromatic N) is 2. The first-order valence-electron chi connectivity index (χ1n) is 16.0. The van der Waals surface area contributed by atoms with Gasteiger partial charge in [-0.05, 0) is 85.9 Å². The molecule has 4 unspecified atom stereocenters. The molecule has 2 aliphatic carbocycles. The zero-order chi connectivity index (χ0) is 33.6. The number of aryl methyl sites for hydroxylation is 1. The van der Waals surface area contributed by atoms with E-state index in [0.29, 0.717) is 42.3 Å². The number of ether oxygens (including phenoxy) is 2. The number of benzene rings is 2. The van der Waals surface area contributed by atoms with E-state index in [1.165, 1.54) is 4.90 Å². The molecule has 0 saturated heterocycles. The molecule has 1 heterocycles. The number of unbranched alkanes of at least 4 members (excludes halogenated alkanes) is 1. The molecule has 5 rings (SSSR count). The summed E-state index contributed by atoms with van der Waals surface area (Å²) in [7, 11) is 0. The molecule has 2 aromatic carbocycles. The number of aliphatic hydroxyl groups excluding tert-OH is 5. The first-order chi connectivity index (χ1) is 22.7. The third kappa shape index (κ3) is 9.01. The molecule has 0 aliphatic heterocycles. The van der Waals surface area contributed by atoms with Crippen molar-refractivity contribution >= 4 is 29.6 Å². The maximum absolute atomic E-state index is 11.5. The molecule has 254 valence electrons. The first kappa shape index (κ1) is 35.5. The van der Waals surface area contributed by atoms with E-state index in [-0.39, 0.29) is 19.3 Å². The average Bonchev–Trinajstić information content (AvgIpc) is 4.03. The highest BCUT2D eigenvalue weighted by Crippen LogP contribution is 2.53. The summed E-state index contributed by atoms with van der Waals surface area (Å²) in [5.74, 6) is 0.869. The van der Waals surface area contributed by atoms with Crippen LogP contribution in [0.5, 0.6) is 5.75 Å². The number of hydrogen-bond acceptors (Lipinski definition) is 9. The van der Waals surface area contributed by atoms with Gasteiger partial charge in [-0.2, -0.15) is 0 Å². The van der Waals surface area contributed by atoms with E-state index < -0.39 is 36.6 Å². The minimum Gasteiger partial charge on any atom is -0.490 e. The van der Waals surface area contributed by atoms with Crippen LogP contribution >= 0.6 is 23.2 Å². The first-order valence-corrected chi connectivity index (χ1v) is 16.7. The quantitative estimate of drug-likeness (QED) is 0.0929. The van der Waals surface area contributed by atoms with Crippen LogP contribution in [-0.2, 0) is 28.2 Å². The van der Waals surface area contributed by atoms with E-state index in [0.717, 1.165) is 59.3 Å². The Morgan fingerprint density at radius 2 is 1.66 bits per heavy atom. The van der Waals surface area contributed by atoms with Gasteiger partial charge in [0.25, 0.3) is 0 Å². The summed E-state index contributed by atoms with van der Waals surface area (Å²) in [5, 5.41) is 49.5. The van der Waals surface area contributed by atoms with Crippen LogP contribution in [0.2, 0.25) is 10.0 Å². The highest BCUT2D eigenvalue weighted by Gasteiger charge is 2.48. The van der Waals surface area contributed by atoms with Crippen LogP contribution in [-0.4, -0.2) is 92.0 Å². The second-order valence-corrected chi connectivity index (χ2v) is 13.2. The molecule has 5 N–H and O–H groups in total. The van der Waals surface area contributed by atoms with Crippen molar-refractivity contribution in [3.05, 3.63) is 81.6 Å². The van der Waals surface area contributed by atoms with Crippen LogP contribution in [0.15, 0.2) is 54.9 Å². The van der Waals surface area contributed by atoms with Crippen molar-refractivity contribution in [3.63, 3.8) is 0 Å². The number of halogens is 2. The molecule has 47 heavy (non-hydrogen) atoms. The number of hydrogen-bond donors (Lipinski definition) is 5. The Labute approximate surface area is 284 Å². The van der Waals surface area contributed by atoms with Crippen molar-refractivity contribution in [1.29, 1.82) is 0 Å². The van der Waals surface area contributed by atoms with Gasteiger partial charge in [-0.15, -0.1) is 0 Å². The molecule has 2 aliphatic rings. The van der Waals surface area contributed by atoms with Crippen LogP contribution < -0.4 is 4.74 Å². The zero-order valence-corrected chi connectivity index (χ0v) is 27.6. The lowest BCUT2D eigenvalue weighted by Gasteiger charge is -2.28. The van der Waals surface area contributed by atoms with Crippen LogP contribution in [0.3, 0.4) is 0 Å². The fourth-order valence-corrected chi connectivity index (χ4v) is 6.15. The van der Waals surface area contributed by atoms with E-state index in [9.17, 15) is 25.2 Å². The van der Waals surface area contributed by atoms with Crippen molar-refractivity contribution < 1.29 is 39.8 Å². The highest BCUT2D eigenvalue weighted by molar-refractivity contribution is 6.34. The number of carbonyl (C=O) groups excluding carboxylic acids is 1. The monoisotopic (exact) mass is 688 g/mol. The predicted molar refractivity (Wildman–Crippen MR) is 177 cm³/mol. The maximum atomic E-state index is 11.5. The lowest BCUT2D eigenvalue weighted by Crippen LogP contribution is -2.49. The zero-order valence-electron chi connectivity index (χ0n) is 26.0. The number of amides is 1. The minimum atomic E-state index is -1.75. The summed E-state index contributed by atoms with van der Waals surface area (Å²) in [6, 6.07) is 13.8. The number of carbonyl (C=O) groups is 1. The van der Waals surface area contributed by atoms with Crippen LogP contribution in [0.25, 0.3) is 11.1 Å². The molecule has 0 bridgehead atoms. The Balaban J connectivity index is 1.16. The van der Waals surface area contributed by atoms with E-state index in [1.54, 1.807) is 6.20 Å². The Morgan fingerprint density at radius 3 is 2.36 bits per heavy atom. The summed E-state index contributed by atoms with van der Waals surface area (Å²) >= 11 is 13.4. The molecule has 4 atom stereocenters. The largest absolute Gasteiger partial charge is 0.490 e. The van der Waals surface area contributed by atoms with Crippen LogP contribution in [0.4, 0.5) is 0 Å². The number of para-hydroxylation sites is 1. The van der Waals surface area contributed by atoms with Gasteiger partial charge in [-0.3, -0.25) is 9.78 Å². The Kier molecular flexibility index (Phi) is 12.1. The third-order valence-electron chi connectivity index (χ3n) is 8.77. The SMILES string of the molecule is O=CN(CCCCc1cc(Cl)c(COC2(c3cnccc3-c3ccccc3OC3CC3)CC2)cc1Cl)CC(O)C(O)C(O)C(O)CO. The second kappa shape index (κ2) is 16.1. The third-order valence-corrected chi connectivity index (χ3v) is 9.47. The lowest BCUT2D eigenvalue weighted by atomic mass is 9.96. The molecular weight excluding hydrogens is 647 g/mol. The average molecular weight is 690 g/mol. The Hall–Kier alpha value is -2.80. The van der Waals surface area contributed by atoms with Crippen molar-refractivity contribution in [1.82, 2.24) is 9.88 Å².